The Bertz CT molecular complexity index is 788. The van der Waals surface area contributed by atoms with Crippen molar-refractivity contribution in [3.63, 3.8) is 0 Å². The summed E-state index contributed by atoms with van der Waals surface area (Å²) in [5.41, 5.74) is 0.214. The van der Waals surface area contributed by atoms with Gasteiger partial charge in [0.25, 0.3) is 0 Å². The largest absolute Gasteiger partial charge is 0.347 e. The number of aromatic nitrogens is 1. The molecule has 0 spiro atoms. The monoisotopic (exact) mass is 365 g/mol. The summed E-state index contributed by atoms with van der Waals surface area (Å²) in [5.74, 6) is -1.00. The van der Waals surface area contributed by atoms with Gasteiger partial charge in [0.1, 0.15) is 11.3 Å². The highest BCUT2D eigenvalue weighted by Crippen LogP contribution is 2.33. The first-order valence-electron chi connectivity index (χ1n) is 8.91. The van der Waals surface area contributed by atoms with E-state index >= 15 is 0 Å². The number of carbonyl (C=O) groups is 1. The zero-order chi connectivity index (χ0) is 17.4. The van der Waals surface area contributed by atoms with Crippen LogP contribution in [0, 0.1) is 17.6 Å². The molecule has 0 N–H and O–H groups in total. The van der Waals surface area contributed by atoms with E-state index in [9.17, 15) is 13.6 Å². The maximum Gasteiger partial charge on any atom is 0.227 e. The van der Waals surface area contributed by atoms with Crippen LogP contribution in [-0.2, 0) is 4.79 Å². The molecule has 0 aliphatic carbocycles. The van der Waals surface area contributed by atoms with E-state index in [1.54, 1.807) is 0 Å². The fourth-order valence-electron chi connectivity index (χ4n) is 3.81. The number of nitrogens with zero attached hydrogens (tertiary/aromatic N) is 3. The average Bonchev–Trinajstić information content (AvgIpc) is 3.06. The van der Waals surface area contributed by atoms with E-state index in [4.69, 9.17) is 0 Å². The summed E-state index contributed by atoms with van der Waals surface area (Å²) >= 11 is 1.29. The Labute approximate surface area is 149 Å². The normalized spacial score (nSPS) is 21.8. The number of rotatable bonds is 2. The number of carbonyl (C=O) groups excluding carboxylic acids is 1. The molecule has 2 aliphatic rings. The van der Waals surface area contributed by atoms with Crippen molar-refractivity contribution < 1.29 is 13.6 Å². The van der Waals surface area contributed by atoms with Gasteiger partial charge in [-0.25, -0.2) is 13.8 Å². The molecule has 4 nitrogen and oxygen atoms in total. The fourth-order valence-corrected chi connectivity index (χ4v) is 4.85. The summed E-state index contributed by atoms with van der Waals surface area (Å²) in [7, 11) is 0. The number of thiazole rings is 1. The van der Waals surface area contributed by atoms with Gasteiger partial charge in [0.05, 0.1) is 10.6 Å². The first kappa shape index (κ1) is 16.7. The molecule has 4 rings (SSSR count). The van der Waals surface area contributed by atoms with Crippen LogP contribution in [0.3, 0.4) is 0 Å². The van der Waals surface area contributed by atoms with E-state index < -0.39 is 11.6 Å². The van der Waals surface area contributed by atoms with Crippen molar-refractivity contribution in [3.8, 4) is 0 Å². The Morgan fingerprint density at radius 2 is 1.92 bits per heavy atom. The Hall–Kier alpha value is -1.76. The maximum absolute atomic E-state index is 13.9. The van der Waals surface area contributed by atoms with Gasteiger partial charge in [0.2, 0.25) is 5.91 Å². The number of anilines is 1. The fraction of sp³-hybridized carbons (Fsp3) is 0.556. The minimum atomic E-state index is -0.629. The van der Waals surface area contributed by atoms with Crippen LogP contribution < -0.4 is 4.90 Å². The van der Waals surface area contributed by atoms with Crippen LogP contribution in [0.15, 0.2) is 12.1 Å². The summed E-state index contributed by atoms with van der Waals surface area (Å²) in [4.78, 5) is 21.2. The van der Waals surface area contributed by atoms with Crippen molar-refractivity contribution in [3.05, 3.63) is 23.8 Å². The minimum Gasteiger partial charge on any atom is -0.347 e. The number of benzene rings is 1. The standard InChI is InChI=1S/C18H21F2N3OS/c19-13-9-14(20)16-15(10-13)25-18(21-16)23-8-4-5-12(11-23)17(24)22-6-2-1-3-7-22/h9-10,12H,1-8,11H2. The lowest BCUT2D eigenvalue weighted by Crippen LogP contribution is -2.46. The van der Waals surface area contributed by atoms with Gasteiger partial charge in [0, 0.05) is 32.2 Å². The van der Waals surface area contributed by atoms with Crippen LogP contribution in [0.1, 0.15) is 32.1 Å². The van der Waals surface area contributed by atoms with Crippen LogP contribution in [-0.4, -0.2) is 42.0 Å². The molecule has 0 radical (unpaired) electrons. The topological polar surface area (TPSA) is 36.4 Å². The number of hydrogen-bond acceptors (Lipinski definition) is 4. The second-order valence-corrected chi connectivity index (χ2v) is 7.91. The van der Waals surface area contributed by atoms with Gasteiger partial charge in [0.15, 0.2) is 10.9 Å². The third-order valence-electron chi connectivity index (χ3n) is 5.11. The van der Waals surface area contributed by atoms with E-state index in [-0.39, 0.29) is 17.3 Å². The van der Waals surface area contributed by atoms with E-state index in [1.807, 2.05) is 4.90 Å². The summed E-state index contributed by atoms with van der Waals surface area (Å²) in [6.07, 6.45) is 5.18. The number of piperidine rings is 2. The predicted molar refractivity (Wildman–Crippen MR) is 94.9 cm³/mol. The number of amides is 1. The number of halogens is 2. The van der Waals surface area contributed by atoms with Gasteiger partial charge >= 0.3 is 0 Å². The Kier molecular flexibility index (Phi) is 4.58. The van der Waals surface area contributed by atoms with Crippen molar-refractivity contribution in [2.24, 2.45) is 5.92 Å². The molecular formula is C18H21F2N3OS. The first-order valence-corrected chi connectivity index (χ1v) is 9.73. The quantitative estimate of drug-likeness (QED) is 0.812. The number of fused-ring (bicyclic) bond motifs is 1. The molecule has 2 saturated heterocycles. The Morgan fingerprint density at radius 3 is 2.72 bits per heavy atom. The predicted octanol–water partition coefficient (Wildman–Crippen LogP) is 3.80. The van der Waals surface area contributed by atoms with E-state index in [1.165, 1.54) is 23.8 Å². The van der Waals surface area contributed by atoms with Gasteiger partial charge in [-0.15, -0.1) is 0 Å². The van der Waals surface area contributed by atoms with Crippen molar-refractivity contribution in [2.75, 3.05) is 31.1 Å². The van der Waals surface area contributed by atoms with Crippen LogP contribution in [0.5, 0.6) is 0 Å². The maximum atomic E-state index is 13.9. The van der Waals surface area contributed by atoms with Crippen molar-refractivity contribution in [1.82, 2.24) is 9.88 Å². The highest BCUT2D eigenvalue weighted by Gasteiger charge is 2.31. The van der Waals surface area contributed by atoms with Gasteiger partial charge in [-0.05, 0) is 38.2 Å². The molecule has 0 saturated carbocycles. The smallest absolute Gasteiger partial charge is 0.227 e. The lowest BCUT2D eigenvalue weighted by molar-refractivity contribution is -0.136. The van der Waals surface area contributed by atoms with Gasteiger partial charge in [-0.2, -0.15) is 0 Å². The lowest BCUT2D eigenvalue weighted by Gasteiger charge is -2.36. The Morgan fingerprint density at radius 1 is 1.12 bits per heavy atom. The van der Waals surface area contributed by atoms with Gasteiger partial charge < -0.3 is 9.80 Å². The Balaban J connectivity index is 1.53. The van der Waals surface area contributed by atoms with Gasteiger partial charge in [-0.3, -0.25) is 4.79 Å². The van der Waals surface area contributed by atoms with Gasteiger partial charge in [-0.1, -0.05) is 11.3 Å². The molecule has 2 aliphatic heterocycles. The number of hydrogen-bond donors (Lipinski definition) is 0. The molecule has 1 atom stereocenters. The molecule has 1 unspecified atom stereocenters. The average molecular weight is 365 g/mol. The van der Waals surface area contributed by atoms with Crippen LogP contribution in [0.2, 0.25) is 0 Å². The second-order valence-electron chi connectivity index (χ2n) is 6.90. The molecule has 1 aromatic carbocycles. The molecular weight excluding hydrogens is 344 g/mol. The summed E-state index contributed by atoms with van der Waals surface area (Å²) in [5, 5.41) is 0.677. The third kappa shape index (κ3) is 3.34. The minimum absolute atomic E-state index is 0.0274. The summed E-state index contributed by atoms with van der Waals surface area (Å²) in [6.45, 7) is 3.13. The lowest BCUT2D eigenvalue weighted by atomic mass is 9.96. The van der Waals surface area contributed by atoms with Crippen molar-refractivity contribution in [2.45, 2.75) is 32.1 Å². The molecule has 0 bridgehead atoms. The molecule has 3 heterocycles. The van der Waals surface area contributed by atoms with Crippen LogP contribution in [0.4, 0.5) is 13.9 Å². The molecule has 2 fully saturated rings. The van der Waals surface area contributed by atoms with E-state index in [2.05, 4.69) is 9.88 Å². The highest BCUT2D eigenvalue weighted by atomic mass is 32.1. The molecule has 7 heteroatoms. The third-order valence-corrected chi connectivity index (χ3v) is 6.17. The first-order chi connectivity index (χ1) is 12.1. The summed E-state index contributed by atoms with van der Waals surface area (Å²) < 4.78 is 27.8. The van der Waals surface area contributed by atoms with Crippen LogP contribution in [0.25, 0.3) is 10.2 Å². The molecule has 1 amide bonds. The molecule has 2 aromatic rings. The highest BCUT2D eigenvalue weighted by molar-refractivity contribution is 7.22. The zero-order valence-electron chi connectivity index (χ0n) is 14.0. The van der Waals surface area contributed by atoms with Crippen molar-refractivity contribution >= 4 is 32.6 Å². The van der Waals surface area contributed by atoms with E-state index in [0.29, 0.717) is 16.4 Å². The molecule has 25 heavy (non-hydrogen) atoms. The zero-order valence-corrected chi connectivity index (χ0v) is 14.8. The van der Waals surface area contributed by atoms with E-state index in [0.717, 1.165) is 51.4 Å². The number of likely N-dealkylation sites (tertiary alicyclic amines) is 1. The SMILES string of the molecule is O=C(C1CCCN(c2nc3c(F)cc(F)cc3s2)C1)N1CCCCC1. The molecule has 1 aromatic heterocycles. The second kappa shape index (κ2) is 6.86. The summed E-state index contributed by atoms with van der Waals surface area (Å²) in [6, 6.07) is 2.19. The van der Waals surface area contributed by atoms with Crippen molar-refractivity contribution in [1.29, 1.82) is 0 Å². The van der Waals surface area contributed by atoms with Crippen LogP contribution >= 0.6 is 11.3 Å². The molecule has 134 valence electrons.